The van der Waals surface area contributed by atoms with Crippen LogP contribution in [0.5, 0.6) is 0 Å². The second-order valence-electron chi connectivity index (χ2n) is 2.79. The van der Waals surface area contributed by atoms with Gasteiger partial charge in [0, 0.05) is 0 Å². The van der Waals surface area contributed by atoms with E-state index in [0.717, 1.165) is 0 Å². The number of rotatable bonds is 5. The molecule has 0 aliphatic heterocycles. The Bertz CT molecular complexity index is 204. The van der Waals surface area contributed by atoms with Gasteiger partial charge in [0.25, 0.3) is 0 Å². The van der Waals surface area contributed by atoms with E-state index in [1.54, 1.807) is 0 Å². The third-order valence-electron chi connectivity index (χ3n) is 1.70. The van der Waals surface area contributed by atoms with Crippen LogP contribution in [0.3, 0.4) is 0 Å². The summed E-state index contributed by atoms with van der Waals surface area (Å²) in [5.74, 6) is 1.24. The Morgan fingerprint density at radius 2 is 2.21 bits per heavy atom. The van der Waals surface area contributed by atoms with Crippen molar-refractivity contribution < 1.29 is 16.3 Å². The Hall–Kier alpha value is 0.673. The number of unbranched alkanes of at least 4 members (excludes halogenated alkanes) is 2. The molecular weight excluding hydrogens is 309 g/mol. The van der Waals surface area contributed by atoms with Crippen LogP contribution in [0.1, 0.15) is 26.2 Å². The molecule has 0 aliphatic rings. The van der Waals surface area contributed by atoms with Crippen LogP contribution < -0.4 is 0 Å². The molecule has 74 valence electrons. The third kappa shape index (κ3) is 8.02. The van der Waals surface area contributed by atoms with E-state index in [4.69, 9.17) is 0 Å². The van der Waals surface area contributed by atoms with Gasteiger partial charge < -0.3 is 0 Å². The molecule has 0 saturated heterocycles. The SMILES string of the molecule is CCCCCSc1c[c-]ccc1.[Zn+][Br]. The van der Waals surface area contributed by atoms with Crippen LogP contribution in [-0.2, 0) is 16.3 Å². The van der Waals surface area contributed by atoms with Gasteiger partial charge in [-0.2, -0.15) is 42.1 Å². The zero-order chi connectivity index (χ0) is 10.6. The van der Waals surface area contributed by atoms with Gasteiger partial charge in [0.15, 0.2) is 0 Å². The number of thioether (sulfide) groups is 1. The van der Waals surface area contributed by atoms with Gasteiger partial charge in [0.05, 0.1) is 0 Å². The number of benzene rings is 1. The first-order valence-electron chi connectivity index (χ1n) is 4.79. The van der Waals surface area contributed by atoms with Gasteiger partial charge >= 0.3 is 30.0 Å². The summed E-state index contributed by atoms with van der Waals surface area (Å²) in [6.07, 6.45) is 3.99. The van der Waals surface area contributed by atoms with Gasteiger partial charge in [-0.1, -0.05) is 19.8 Å². The summed E-state index contributed by atoms with van der Waals surface area (Å²) in [4.78, 5) is 1.34. The van der Waals surface area contributed by atoms with Crippen LogP contribution >= 0.6 is 25.4 Å². The normalized spacial score (nSPS) is 9.14. The van der Waals surface area contributed by atoms with E-state index < -0.39 is 0 Å². The molecule has 0 atom stereocenters. The summed E-state index contributed by atoms with van der Waals surface area (Å²) >= 11 is 6.18. The molecule has 0 aliphatic carbocycles. The van der Waals surface area contributed by atoms with Crippen molar-refractivity contribution in [3.05, 3.63) is 30.3 Å². The second-order valence-corrected chi connectivity index (χ2v) is 3.96. The van der Waals surface area contributed by atoms with Crippen molar-refractivity contribution in [3.8, 4) is 0 Å². The monoisotopic (exact) mass is 322 g/mol. The van der Waals surface area contributed by atoms with Gasteiger partial charge in [-0.05, 0) is 12.2 Å². The molecule has 1 aromatic carbocycles. The third-order valence-corrected chi connectivity index (χ3v) is 2.78. The second kappa shape index (κ2) is 11.7. The van der Waals surface area contributed by atoms with E-state index in [-0.39, 0.29) is 0 Å². The van der Waals surface area contributed by atoms with Gasteiger partial charge in [0.2, 0.25) is 0 Å². The Balaban J connectivity index is 0.000000791. The molecule has 0 aromatic heterocycles. The van der Waals surface area contributed by atoms with E-state index in [9.17, 15) is 0 Å². The first-order valence-corrected chi connectivity index (χ1v) is 12.7. The quantitative estimate of drug-likeness (QED) is 0.330. The van der Waals surface area contributed by atoms with Crippen molar-refractivity contribution in [1.82, 2.24) is 0 Å². The fourth-order valence-electron chi connectivity index (χ4n) is 1.01. The average molecular weight is 325 g/mol. The summed E-state index contributed by atoms with van der Waals surface area (Å²) in [6, 6.07) is 11.3. The molecule has 1 aromatic rings. The van der Waals surface area contributed by atoms with Gasteiger partial charge in [-0.15, -0.1) is 4.90 Å². The molecule has 0 heterocycles. The minimum atomic E-state index is 1.19. The van der Waals surface area contributed by atoms with E-state index in [0.29, 0.717) is 0 Å². The van der Waals surface area contributed by atoms with Crippen LogP contribution in [-0.4, -0.2) is 5.75 Å². The first-order chi connectivity index (χ1) is 6.93. The Morgan fingerprint density at radius 1 is 1.43 bits per heavy atom. The average Bonchev–Trinajstić information content (AvgIpc) is 2.29. The number of hydrogen-bond donors (Lipinski definition) is 0. The zero-order valence-corrected chi connectivity index (χ0v) is 14.0. The molecule has 0 spiro atoms. The molecule has 1 rings (SSSR count). The summed E-state index contributed by atoms with van der Waals surface area (Å²) < 4.78 is 0. The Morgan fingerprint density at radius 3 is 2.79 bits per heavy atom. The topological polar surface area (TPSA) is 0 Å². The molecule has 0 N–H and O–H groups in total. The van der Waals surface area contributed by atoms with E-state index >= 15 is 0 Å². The molecule has 0 amide bonds. The van der Waals surface area contributed by atoms with Crippen molar-refractivity contribution >= 4 is 25.4 Å². The molecule has 0 fully saturated rings. The molecule has 3 heteroatoms. The fraction of sp³-hybridized carbons (Fsp3) is 0.455. The Labute approximate surface area is 108 Å². The van der Waals surface area contributed by atoms with Gasteiger partial charge in [-0.3, -0.25) is 0 Å². The van der Waals surface area contributed by atoms with Crippen molar-refractivity contribution in [2.75, 3.05) is 5.75 Å². The van der Waals surface area contributed by atoms with Crippen LogP contribution in [0.2, 0.25) is 0 Å². The number of halogens is 1. The van der Waals surface area contributed by atoms with Crippen LogP contribution in [0.25, 0.3) is 0 Å². The summed E-state index contributed by atoms with van der Waals surface area (Å²) in [6.45, 7) is 2.24. The van der Waals surface area contributed by atoms with E-state index in [2.05, 4.69) is 38.7 Å². The summed E-state index contributed by atoms with van der Waals surface area (Å²) in [7, 11) is 0. The molecule has 0 unspecified atom stereocenters. The fourth-order valence-corrected chi connectivity index (χ4v) is 1.92. The van der Waals surface area contributed by atoms with E-state index in [1.807, 2.05) is 23.9 Å². The molecule has 0 radical (unpaired) electrons. The predicted molar refractivity (Wildman–Crippen MR) is 64.5 cm³/mol. The van der Waals surface area contributed by atoms with Crippen molar-refractivity contribution in [1.29, 1.82) is 0 Å². The predicted octanol–water partition coefficient (Wildman–Crippen LogP) is 4.61. The van der Waals surface area contributed by atoms with Crippen molar-refractivity contribution in [3.63, 3.8) is 0 Å². The number of hydrogen-bond acceptors (Lipinski definition) is 1. The standard InChI is InChI=1S/C11H15S.BrH.Zn/c1-2-3-7-10-12-11-8-5-4-6-9-11;;/h4-5,8-9H,2-3,7,10H2,1H3;1H;/q-1;;+2/p-1. The molecule has 0 bridgehead atoms. The molecule has 0 nitrogen and oxygen atoms in total. The van der Waals surface area contributed by atoms with Crippen molar-refractivity contribution in [2.24, 2.45) is 0 Å². The van der Waals surface area contributed by atoms with Crippen LogP contribution in [0, 0.1) is 6.07 Å². The molecule has 14 heavy (non-hydrogen) atoms. The van der Waals surface area contributed by atoms with Gasteiger partial charge in [-0.25, -0.2) is 0 Å². The zero-order valence-electron chi connectivity index (χ0n) is 8.63. The maximum atomic E-state index is 3.08. The summed E-state index contributed by atoms with van der Waals surface area (Å²) in [5, 5.41) is 0. The van der Waals surface area contributed by atoms with Crippen LogP contribution in [0.4, 0.5) is 0 Å². The minimum absolute atomic E-state index is 1.19. The molecular formula is C11H15BrSZn. The van der Waals surface area contributed by atoms with Crippen LogP contribution in [0.15, 0.2) is 29.2 Å². The molecule has 0 saturated carbocycles. The maximum absolute atomic E-state index is 3.08. The van der Waals surface area contributed by atoms with Gasteiger partial charge in [0.1, 0.15) is 0 Å². The van der Waals surface area contributed by atoms with E-state index in [1.165, 1.54) is 46.3 Å². The first kappa shape index (κ1) is 14.7. The Kier molecular flexibility index (Phi) is 12.3. The summed E-state index contributed by atoms with van der Waals surface area (Å²) in [5.41, 5.74) is 0. The van der Waals surface area contributed by atoms with Crippen molar-refractivity contribution in [2.45, 2.75) is 31.1 Å².